The van der Waals surface area contributed by atoms with Crippen LogP contribution < -0.4 is 5.01 Å². The van der Waals surface area contributed by atoms with E-state index in [0.717, 1.165) is 4.64 Å². The first-order valence-electron chi connectivity index (χ1n) is 3.96. The van der Waals surface area contributed by atoms with Crippen molar-refractivity contribution in [1.82, 2.24) is 4.68 Å². The quantitative estimate of drug-likeness (QED) is 0.669. The summed E-state index contributed by atoms with van der Waals surface area (Å²) in [5, 5.41) is 5.27. The molecular weight excluding hydrogens is 200 g/mol. The molecule has 2 aromatic heterocycles. The molecular formula is C9H10N2S2. The first-order chi connectivity index (χ1) is 6.20. The SMILES string of the molecule is CN(C)n1ccc2ccsc2c1=S. The van der Waals surface area contributed by atoms with Gasteiger partial charge in [0.1, 0.15) is 4.64 Å². The van der Waals surface area contributed by atoms with Crippen molar-refractivity contribution in [3.63, 3.8) is 0 Å². The van der Waals surface area contributed by atoms with E-state index >= 15 is 0 Å². The van der Waals surface area contributed by atoms with E-state index in [0.29, 0.717) is 0 Å². The van der Waals surface area contributed by atoms with E-state index in [1.807, 2.05) is 30.0 Å². The minimum absolute atomic E-state index is 0.887. The van der Waals surface area contributed by atoms with Crippen molar-refractivity contribution in [3.8, 4) is 0 Å². The highest BCUT2D eigenvalue weighted by Gasteiger charge is 2.00. The average Bonchev–Trinajstić information content (AvgIpc) is 2.52. The van der Waals surface area contributed by atoms with E-state index < -0.39 is 0 Å². The lowest BCUT2D eigenvalue weighted by atomic mass is 10.3. The zero-order valence-corrected chi connectivity index (χ0v) is 9.15. The third kappa shape index (κ3) is 1.36. The summed E-state index contributed by atoms with van der Waals surface area (Å²) in [7, 11) is 3.96. The molecule has 0 spiro atoms. The Morgan fingerprint density at radius 1 is 1.38 bits per heavy atom. The van der Waals surface area contributed by atoms with Gasteiger partial charge in [-0.3, -0.25) is 4.68 Å². The van der Waals surface area contributed by atoms with Crippen LogP contribution >= 0.6 is 23.6 Å². The van der Waals surface area contributed by atoms with Gasteiger partial charge in [-0.1, -0.05) is 12.2 Å². The molecule has 0 saturated carbocycles. The Morgan fingerprint density at radius 3 is 2.85 bits per heavy atom. The van der Waals surface area contributed by atoms with E-state index in [9.17, 15) is 0 Å². The maximum Gasteiger partial charge on any atom is 0.143 e. The van der Waals surface area contributed by atoms with E-state index in [4.69, 9.17) is 12.2 Å². The first kappa shape index (κ1) is 8.72. The van der Waals surface area contributed by atoms with Crippen LogP contribution in [0.2, 0.25) is 0 Å². The predicted octanol–water partition coefficient (Wildman–Crippen LogP) is 2.63. The zero-order chi connectivity index (χ0) is 9.42. The molecule has 13 heavy (non-hydrogen) atoms. The van der Waals surface area contributed by atoms with Crippen molar-refractivity contribution in [1.29, 1.82) is 0 Å². The molecule has 0 aliphatic heterocycles. The average molecular weight is 210 g/mol. The van der Waals surface area contributed by atoms with Gasteiger partial charge in [0, 0.05) is 20.3 Å². The van der Waals surface area contributed by atoms with Gasteiger partial charge in [0.25, 0.3) is 0 Å². The second-order valence-electron chi connectivity index (χ2n) is 3.02. The molecule has 0 saturated heterocycles. The fraction of sp³-hybridized carbons (Fsp3) is 0.222. The Kier molecular flexibility index (Phi) is 2.09. The Hall–Kier alpha value is -0.870. The van der Waals surface area contributed by atoms with E-state index in [2.05, 4.69) is 17.5 Å². The molecule has 2 heterocycles. The van der Waals surface area contributed by atoms with Gasteiger partial charge in [0.2, 0.25) is 0 Å². The zero-order valence-electron chi connectivity index (χ0n) is 7.52. The molecule has 0 amide bonds. The van der Waals surface area contributed by atoms with E-state index in [-0.39, 0.29) is 0 Å². The molecule has 0 aromatic carbocycles. The lowest BCUT2D eigenvalue weighted by Crippen LogP contribution is -2.24. The number of nitrogens with zero attached hydrogens (tertiary/aromatic N) is 2. The van der Waals surface area contributed by atoms with Gasteiger partial charge in [-0.05, 0) is 22.9 Å². The van der Waals surface area contributed by atoms with Crippen LogP contribution in [0.1, 0.15) is 0 Å². The van der Waals surface area contributed by atoms with Gasteiger partial charge in [0.15, 0.2) is 0 Å². The molecule has 68 valence electrons. The maximum absolute atomic E-state index is 5.36. The van der Waals surface area contributed by atoms with Gasteiger partial charge < -0.3 is 5.01 Å². The van der Waals surface area contributed by atoms with Crippen LogP contribution in [0.15, 0.2) is 23.7 Å². The normalized spacial score (nSPS) is 10.6. The van der Waals surface area contributed by atoms with Crippen LogP contribution in [0.5, 0.6) is 0 Å². The second-order valence-corrected chi connectivity index (χ2v) is 4.32. The van der Waals surface area contributed by atoms with Crippen molar-refractivity contribution >= 4 is 33.6 Å². The standard InChI is InChI=1S/C9H10N2S2/c1-10(2)11-5-3-7-4-6-13-8(7)9(11)12/h3-6H,1-2H3. The van der Waals surface area contributed by atoms with Gasteiger partial charge in [0.05, 0.1) is 4.70 Å². The van der Waals surface area contributed by atoms with Crippen molar-refractivity contribution in [2.24, 2.45) is 0 Å². The minimum atomic E-state index is 0.887. The van der Waals surface area contributed by atoms with E-state index in [1.165, 1.54) is 10.1 Å². The van der Waals surface area contributed by atoms with Gasteiger partial charge >= 0.3 is 0 Å². The fourth-order valence-corrected chi connectivity index (χ4v) is 2.57. The predicted molar refractivity (Wildman–Crippen MR) is 60.7 cm³/mol. The van der Waals surface area contributed by atoms with Crippen LogP contribution in [0.4, 0.5) is 0 Å². The molecule has 0 aliphatic rings. The Morgan fingerprint density at radius 2 is 2.15 bits per heavy atom. The molecule has 2 aromatic rings. The highest BCUT2D eigenvalue weighted by atomic mass is 32.1. The monoisotopic (exact) mass is 210 g/mol. The molecule has 0 atom stereocenters. The summed E-state index contributed by atoms with van der Waals surface area (Å²) in [6.07, 6.45) is 2.00. The summed E-state index contributed by atoms with van der Waals surface area (Å²) in [6, 6.07) is 4.18. The number of hydrogen-bond acceptors (Lipinski definition) is 3. The Bertz CT molecular complexity index is 482. The molecule has 0 fully saturated rings. The molecule has 4 heteroatoms. The molecule has 0 N–H and O–H groups in total. The summed E-state index contributed by atoms with van der Waals surface area (Å²) in [4.78, 5) is 0. The number of pyridine rings is 1. The summed E-state index contributed by atoms with van der Waals surface area (Å²) >= 11 is 7.05. The Labute approximate surface area is 86.0 Å². The topological polar surface area (TPSA) is 8.17 Å². The van der Waals surface area contributed by atoms with Gasteiger partial charge in [-0.2, -0.15) is 0 Å². The Balaban J connectivity index is 2.81. The summed E-state index contributed by atoms with van der Waals surface area (Å²) in [5.41, 5.74) is 0. The van der Waals surface area contributed by atoms with Gasteiger partial charge in [-0.25, -0.2) is 0 Å². The number of thiophene rings is 1. The third-order valence-corrected chi connectivity index (χ3v) is 3.38. The fourth-order valence-electron chi connectivity index (χ4n) is 1.26. The van der Waals surface area contributed by atoms with E-state index in [1.54, 1.807) is 11.3 Å². The number of fused-ring (bicyclic) bond motifs is 1. The van der Waals surface area contributed by atoms with Crippen molar-refractivity contribution in [2.45, 2.75) is 0 Å². The largest absolute Gasteiger partial charge is 0.318 e. The summed E-state index contributed by atoms with van der Waals surface area (Å²) in [5.74, 6) is 0. The molecule has 2 nitrogen and oxygen atoms in total. The van der Waals surface area contributed by atoms with Crippen molar-refractivity contribution in [3.05, 3.63) is 28.4 Å². The molecule has 0 radical (unpaired) electrons. The minimum Gasteiger partial charge on any atom is -0.318 e. The summed E-state index contributed by atoms with van der Waals surface area (Å²) < 4.78 is 4.04. The van der Waals surface area contributed by atoms with Crippen molar-refractivity contribution < 1.29 is 0 Å². The number of hydrogen-bond donors (Lipinski definition) is 0. The van der Waals surface area contributed by atoms with Crippen LogP contribution in [0.3, 0.4) is 0 Å². The molecule has 2 rings (SSSR count). The van der Waals surface area contributed by atoms with Gasteiger partial charge in [-0.15, -0.1) is 11.3 Å². The maximum atomic E-state index is 5.36. The highest BCUT2D eigenvalue weighted by molar-refractivity contribution is 7.71. The summed E-state index contributed by atoms with van der Waals surface area (Å²) in [6.45, 7) is 0. The molecule has 0 bridgehead atoms. The second kappa shape index (κ2) is 3.12. The van der Waals surface area contributed by atoms with Crippen molar-refractivity contribution in [2.75, 3.05) is 19.1 Å². The van der Waals surface area contributed by atoms with Crippen LogP contribution in [-0.2, 0) is 0 Å². The first-order valence-corrected chi connectivity index (χ1v) is 5.25. The van der Waals surface area contributed by atoms with Crippen LogP contribution in [0.25, 0.3) is 10.1 Å². The molecule has 0 aliphatic carbocycles. The highest BCUT2D eigenvalue weighted by Crippen LogP contribution is 2.21. The lowest BCUT2D eigenvalue weighted by Gasteiger charge is -2.16. The smallest absolute Gasteiger partial charge is 0.143 e. The molecule has 0 unspecified atom stereocenters. The van der Waals surface area contributed by atoms with Crippen LogP contribution in [0, 0.1) is 4.64 Å². The third-order valence-electron chi connectivity index (χ3n) is 1.92. The number of rotatable bonds is 1. The van der Waals surface area contributed by atoms with Crippen LogP contribution in [-0.4, -0.2) is 18.8 Å². The lowest BCUT2D eigenvalue weighted by molar-refractivity contribution is 0.722. The number of aromatic nitrogens is 1.